The number of hydrogen-bond acceptors (Lipinski definition) is 7. The number of aliphatic hydroxyl groups excluding tert-OH is 1. The molecule has 8 nitrogen and oxygen atoms in total. The minimum Gasteiger partial charge on any atom is -0.504 e. The molecule has 10 heteroatoms. The van der Waals surface area contributed by atoms with Gasteiger partial charge in [0.05, 0.1) is 32.0 Å². The fourth-order valence-corrected chi connectivity index (χ4v) is 4.77. The standard InChI is InChI=1S/C30H32F2N2O6/c1-4-17-6-5-7-18(10-17)15-34(16-24(35)23(33)13-19-11-20(31)14-21(32)12-19)30(37)25-26(36)29(39-3)28-22(8-9-40-28)27(25)38-2/h5-12,14,23-24,35-36H,4,13,15-16,33H2,1-3H3. The number of nitrogens with zero attached hydrogens (tertiary/aromatic N) is 1. The molecule has 2 atom stereocenters. The number of halogens is 2. The summed E-state index contributed by atoms with van der Waals surface area (Å²) >= 11 is 0. The fourth-order valence-electron chi connectivity index (χ4n) is 4.77. The van der Waals surface area contributed by atoms with E-state index in [-0.39, 0.29) is 47.7 Å². The number of methoxy groups -OCH3 is 2. The van der Waals surface area contributed by atoms with E-state index in [4.69, 9.17) is 19.6 Å². The second kappa shape index (κ2) is 12.4. The van der Waals surface area contributed by atoms with E-state index in [1.807, 2.05) is 31.2 Å². The van der Waals surface area contributed by atoms with Gasteiger partial charge in [0.25, 0.3) is 5.91 Å². The number of furan rings is 1. The molecule has 3 aromatic carbocycles. The van der Waals surface area contributed by atoms with Gasteiger partial charge in [-0.05, 0) is 47.7 Å². The van der Waals surface area contributed by atoms with Crippen molar-refractivity contribution in [1.82, 2.24) is 4.90 Å². The predicted octanol–water partition coefficient (Wildman–Crippen LogP) is 4.57. The van der Waals surface area contributed by atoms with E-state index in [0.717, 1.165) is 35.7 Å². The van der Waals surface area contributed by atoms with Crippen LogP contribution < -0.4 is 15.2 Å². The van der Waals surface area contributed by atoms with Crippen LogP contribution >= 0.6 is 0 Å². The smallest absolute Gasteiger partial charge is 0.261 e. The van der Waals surface area contributed by atoms with Crippen molar-refractivity contribution in [2.24, 2.45) is 5.73 Å². The quantitative estimate of drug-likeness (QED) is 0.249. The Morgan fingerprint density at radius 3 is 2.35 bits per heavy atom. The number of fused-ring (bicyclic) bond motifs is 1. The molecule has 4 aromatic rings. The zero-order valence-corrected chi connectivity index (χ0v) is 22.5. The molecule has 0 aliphatic heterocycles. The zero-order chi connectivity index (χ0) is 29.0. The van der Waals surface area contributed by atoms with Gasteiger partial charge in [0.2, 0.25) is 5.75 Å². The van der Waals surface area contributed by atoms with Crippen molar-refractivity contribution in [3.8, 4) is 17.2 Å². The molecule has 0 aliphatic rings. The average molecular weight is 555 g/mol. The van der Waals surface area contributed by atoms with Crippen LogP contribution in [0.3, 0.4) is 0 Å². The topological polar surface area (TPSA) is 118 Å². The molecule has 2 unspecified atom stereocenters. The third-order valence-corrected chi connectivity index (χ3v) is 6.77. The highest BCUT2D eigenvalue weighted by molar-refractivity contribution is 6.08. The summed E-state index contributed by atoms with van der Waals surface area (Å²) in [6.45, 7) is 1.83. The molecule has 1 heterocycles. The monoisotopic (exact) mass is 554 g/mol. The molecule has 1 amide bonds. The van der Waals surface area contributed by atoms with Gasteiger partial charge in [0, 0.05) is 25.2 Å². The van der Waals surface area contributed by atoms with Crippen LogP contribution in [0.15, 0.2) is 59.2 Å². The Kier molecular flexibility index (Phi) is 8.91. The highest BCUT2D eigenvalue weighted by atomic mass is 19.1. The molecule has 0 aliphatic carbocycles. The first kappa shape index (κ1) is 28.8. The summed E-state index contributed by atoms with van der Waals surface area (Å²) in [5.74, 6) is -2.60. The Morgan fingerprint density at radius 2 is 1.70 bits per heavy atom. The number of aryl methyl sites for hydroxylation is 1. The van der Waals surface area contributed by atoms with Gasteiger partial charge >= 0.3 is 0 Å². The number of carbonyl (C=O) groups is 1. The van der Waals surface area contributed by atoms with E-state index >= 15 is 0 Å². The number of hydrogen-bond donors (Lipinski definition) is 3. The van der Waals surface area contributed by atoms with E-state index in [9.17, 15) is 23.8 Å². The van der Waals surface area contributed by atoms with Crippen molar-refractivity contribution in [3.05, 3.63) is 88.7 Å². The summed E-state index contributed by atoms with van der Waals surface area (Å²) < 4.78 is 43.7. The number of phenolic OH excluding ortho intramolecular Hbond substituents is 1. The lowest BCUT2D eigenvalue weighted by Gasteiger charge is -2.29. The highest BCUT2D eigenvalue weighted by Gasteiger charge is 2.32. The summed E-state index contributed by atoms with van der Waals surface area (Å²) in [5.41, 5.74) is 8.37. The van der Waals surface area contributed by atoms with E-state index in [0.29, 0.717) is 5.39 Å². The lowest BCUT2D eigenvalue weighted by Crippen LogP contribution is -2.46. The molecule has 0 fully saturated rings. The predicted molar refractivity (Wildman–Crippen MR) is 146 cm³/mol. The largest absolute Gasteiger partial charge is 0.504 e. The SMILES string of the molecule is CCc1cccc(CN(CC(O)C(N)Cc2cc(F)cc(F)c2)C(=O)c2c(O)c(OC)c3occc3c2OC)c1. The van der Waals surface area contributed by atoms with Crippen LogP contribution in [0.25, 0.3) is 11.0 Å². The van der Waals surface area contributed by atoms with Crippen LogP contribution in [-0.2, 0) is 19.4 Å². The Labute approximate surface area is 230 Å². The zero-order valence-electron chi connectivity index (χ0n) is 22.5. The third kappa shape index (κ3) is 6.03. The first-order valence-electron chi connectivity index (χ1n) is 12.8. The summed E-state index contributed by atoms with van der Waals surface area (Å²) in [7, 11) is 2.70. The maximum Gasteiger partial charge on any atom is 0.261 e. The maximum absolute atomic E-state index is 14.1. The molecule has 4 rings (SSSR count). The summed E-state index contributed by atoms with van der Waals surface area (Å²) in [5, 5.41) is 22.6. The Balaban J connectivity index is 1.71. The van der Waals surface area contributed by atoms with Gasteiger partial charge in [-0.15, -0.1) is 0 Å². The van der Waals surface area contributed by atoms with Gasteiger partial charge in [-0.1, -0.05) is 31.2 Å². The van der Waals surface area contributed by atoms with E-state index in [1.165, 1.54) is 25.4 Å². The number of phenols is 1. The number of benzene rings is 3. The van der Waals surface area contributed by atoms with Crippen molar-refractivity contribution in [3.63, 3.8) is 0 Å². The normalized spacial score (nSPS) is 12.8. The highest BCUT2D eigenvalue weighted by Crippen LogP contribution is 2.46. The van der Waals surface area contributed by atoms with Gasteiger partial charge in [0.15, 0.2) is 11.3 Å². The van der Waals surface area contributed by atoms with Crippen LogP contribution in [-0.4, -0.2) is 53.9 Å². The number of nitrogens with two attached hydrogens (primary N) is 1. The van der Waals surface area contributed by atoms with Crippen molar-refractivity contribution >= 4 is 16.9 Å². The summed E-state index contributed by atoms with van der Waals surface area (Å²) in [6, 6.07) is 11.3. The first-order chi connectivity index (χ1) is 19.2. The maximum atomic E-state index is 14.1. The molecule has 0 spiro atoms. The molecule has 1 aromatic heterocycles. The van der Waals surface area contributed by atoms with Crippen molar-refractivity contribution in [1.29, 1.82) is 0 Å². The molecule has 0 bridgehead atoms. The number of aliphatic hydroxyl groups is 1. The second-order valence-electron chi connectivity index (χ2n) is 9.53. The Bertz CT molecular complexity index is 1490. The summed E-state index contributed by atoms with van der Waals surface area (Å²) in [6.07, 6.45) is 0.849. The van der Waals surface area contributed by atoms with E-state index < -0.39 is 35.4 Å². The second-order valence-corrected chi connectivity index (χ2v) is 9.53. The molecule has 4 N–H and O–H groups in total. The number of ether oxygens (including phenoxy) is 2. The fraction of sp³-hybridized carbons (Fsp3) is 0.300. The number of aromatic hydroxyl groups is 1. The number of amides is 1. The van der Waals surface area contributed by atoms with Crippen LogP contribution in [0.2, 0.25) is 0 Å². The third-order valence-electron chi connectivity index (χ3n) is 6.77. The number of carbonyl (C=O) groups excluding carboxylic acids is 1. The van der Waals surface area contributed by atoms with Gasteiger partial charge < -0.3 is 34.7 Å². The van der Waals surface area contributed by atoms with E-state index in [1.54, 1.807) is 6.07 Å². The van der Waals surface area contributed by atoms with Crippen LogP contribution in [0.5, 0.6) is 17.2 Å². The molecule has 40 heavy (non-hydrogen) atoms. The van der Waals surface area contributed by atoms with Crippen molar-refractivity contribution in [2.45, 2.75) is 38.5 Å². The number of rotatable bonds is 11. The van der Waals surface area contributed by atoms with Gasteiger partial charge in [-0.3, -0.25) is 4.79 Å². The van der Waals surface area contributed by atoms with E-state index in [2.05, 4.69) is 0 Å². The Hall–Kier alpha value is -4.15. The van der Waals surface area contributed by atoms with Gasteiger partial charge in [0.1, 0.15) is 22.9 Å². The van der Waals surface area contributed by atoms with Gasteiger partial charge in [-0.2, -0.15) is 0 Å². The van der Waals surface area contributed by atoms with Crippen molar-refractivity contribution < 1.29 is 37.7 Å². The lowest BCUT2D eigenvalue weighted by molar-refractivity contribution is 0.0548. The van der Waals surface area contributed by atoms with Crippen LogP contribution in [0.4, 0.5) is 8.78 Å². The van der Waals surface area contributed by atoms with Gasteiger partial charge in [-0.25, -0.2) is 8.78 Å². The molecular weight excluding hydrogens is 522 g/mol. The summed E-state index contributed by atoms with van der Waals surface area (Å²) in [4.78, 5) is 15.4. The molecule has 0 saturated carbocycles. The molecular formula is C30H32F2N2O6. The van der Waals surface area contributed by atoms with Crippen LogP contribution in [0, 0.1) is 11.6 Å². The minimum absolute atomic E-state index is 0.0351. The molecule has 0 radical (unpaired) electrons. The molecule has 212 valence electrons. The first-order valence-corrected chi connectivity index (χ1v) is 12.8. The van der Waals surface area contributed by atoms with Crippen molar-refractivity contribution in [2.75, 3.05) is 20.8 Å². The Morgan fingerprint density at radius 1 is 1.02 bits per heavy atom. The minimum atomic E-state index is -1.28. The average Bonchev–Trinajstić information content (AvgIpc) is 3.40. The lowest BCUT2D eigenvalue weighted by atomic mass is 10.00. The molecule has 0 saturated heterocycles. The van der Waals surface area contributed by atoms with Crippen LogP contribution in [0.1, 0.15) is 34.0 Å².